The molecule has 1 aliphatic heterocycles. The van der Waals surface area contributed by atoms with E-state index in [4.69, 9.17) is 4.42 Å². The van der Waals surface area contributed by atoms with E-state index < -0.39 is 0 Å². The lowest BCUT2D eigenvalue weighted by Gasteiger charge is -2.30. The smallest absolute Gasteiger partial charge is 0.318 e. The van der Waals surface area contributed by atoms with Gasteiger partial charge in [-0.15, -0.1) is 5.10 Å². The lowest BCUT2D eigenvalue weighted by Crippen LogP contribution is -2.37. The zero-order valence-corrected chi connectivity index (χ0v) is 11.1. The predicted octanol–water partition coefficient (Wildman–Crippen LogP) is 0.949. The maximum absolute atomic E-state index is 9.22. The third-order valence-corrected chi connectivity index (χ3v) is 3.36. The molecule has 18 heavy (non-hydrogen) atoms. The minimum Gasteiger partial charge on any atom is -0.406 e. The standard InChI is InChI=1S/C12H22N4O2/c1-3-13-9(2)11-14-15-12(18-11)16-6-4-5-10(7-16)8-17/h9-10,13,17H,3-8H2,1-2H3. The van der Waals surface area contributed by atoms with Crippen LogP contribution in [0.2, 0.25) is 0 Å². The van der Waals surface area contributed by atoms with Gasteiger partial charge in [0.05, 0.1) is 6.04 Å². The van der Waals surface area contributed by atoms with Gasteiger partial charge in [-0.25, -0.2) is 0 Å². The Morgan fingerprint density at radius 2 is 2.39 bits per heavy atom. The molecule has 2 atom stereocenters. The first-order valence-corrected chi connectivity index (χ1v) is 6.67. The molecule has 102 valence electrons. The summed E-state index contributed by atoms with van der Waals surface area (Å²) in [5, 5.41) is 20.6. The molecule has 1 aromatic rings. The van der Waals surface area contributed by atoms with Crippen molar-refractivity contribution in [1.82, 2.24) is 15.5 Å². The second-order valence-corrected chi connectivity index (χ2v) is 4.84. The molecule has 0 amide bonds. The fourth-order valence-corrected chi connectivity index (χ4v) is 2.31. The van der Waals surface area contributed by atoms with Crippen LogP contribution in [-0.4, -0.2) is 41.5 Å². The van der Waals surface area contributed by atoms with Crippen LogP contribution >= 0.6 is 0 Å². The summed E-state index contributed by atoms with van der Waals surface area (Å²) < 4.78 is 5.69. The van der Waals surface area contributed by atoms with Crippen molar-refractivity contribution in [2.45, 2.75) is 32.7 Å². The van der Waals surface area contributed by atoms with Gasteiger partial charge < -0.3 is 19.7 Å². The number of rotatable bonds is 5. The second kappa shape index (κ2) is 6.15. The number of hydrogen-bond acceptors (Lipinski definition) is 6. The van der Waals surface area contributed by atoms with E-state index in [-0.39, 0.29) is 12.6 Å². The molecule has 1 aromatic heterocycles. The molecule has 0 spiro atoms. The summed E-state index contributed by atoms with van der Waals surface area (Å²) in [6.45, 7) is 6.87. The van der Waals surface area contributed by atoms with E-state index in [0.29, 0.717) is 17.8 Å². The molecule has 6 heteroatoms. The Labute approximate surface area is 107 Å². The van der Waals surface area contributed by atoms with Gasteiger partial charge in [-0.1, -0.05) is 12.0 Å². The van der Waals surface area contributed by atoms with Crippen LogP contribution < -0.4 is 10.2 Å². The van der Waals surface area contributed by atoms with Crippen LogP contribution in [0.5, 0.6) is 0 Å². The summed E-state index contributed by atoms with van der Waals surface area (Å²) in [4.78, 5) is 2.07. The second-order valence-electron chi connectivity index (χ2n) is 4.84. The molecule has 2 N–H and O–H groups in total. The lowest BCUT2D eigenvalue weighted by atomic mass is 10.00. The van der Waals surface area contributed by atoms with Gasteiger partial charge in [0.1, 0.15) is 0 Å². The van der Waals surface area contributed by atoms with Crippen LogP contribution in [-0.2, 0) is 0 Å². The maximum atomic E-state index is 9.22. The molecule has 0 saturated carbocycles. The van der Waals surface area contributed by atoms with Crippen LogP contribution in [0.25, 0.3) is 0 Å². The summed E-state index contributed by atoms with van der Waals surface area (Å²) in [7, 11) is 0. The summed E-state index contributed by atoms with van der Waals surface area (Å²) in [5.41, 5.74) is 0. The summed E-state index contributed by atoms with van der Waals surface area (Å²) >= 11 is 0. The van der Waals surface area contributed by atoms with E-state index in [1.807, 2.05) is 13.8 Å². The largest absolute Gasteiger partial charge is 0.406 e. The Bertz CT molecular complexity index is 369. The Morgan fingerprint density at radius 1 is 1.56 bits per heavy atom. The average Bonchev–Trinajstić information content (AvgIpc) is 2.89. The number of nitrogens with zero attached hydrogens (tertiary/aromatic N) is 3. The van der Waals surface area contributed by atoms with Crippen LogP contribution in [0.15, 0.2) is 4.42 Å². The molecule has 2 heterocycles. The number of hydrogen-bond donors (Lipinski definition) is 2. The van der Waals surface area contributed by atoms with Crippen LogP contribution in [0.4, 0.5) is 6.01 Å². The molecule has 1 aliphatic rings. The highest BCUT2D eigenvalue weighted by Crippen LogP contribution is 2.23. The molecule has 2 rings (SSSR count). The fourth-order valence-electron chi connectivity index (χ4n) is 2.31. The van der Waals surface area contributed by atoms with Gasteiger partial charge in [0.15, 0.2) is 0 Å². The number of aromatic nitrogens is 2. The first-order chi connectivity index (χ1) is 8.74. The van der Waals surface area contributed by atoms with Crippen molar-refractivity contribution in [2.75, 3.05) is 31.1 Å². The van der Waals surface area contributed by atoms with E-state index >= 15 is 0 Å². The third-order valence-electron chi connectivity index (χ3n) is 3.36. The number of nitrogens with one attached hydrogen (secondary N) is 1. The summed E-state index contributed by atoms with van der Waals surface area (Å²) in [6.07, 6.45) is 2.13. The fraction of sp³-hybridized carbons (Fsp3) is 0.833. The number of piperidine rings is 1. The Kier molecular flexibility index (Phi) is 4.54. The van der Waals surface area contributed by atoms with E-state index in [9.17, 15) is 5.11 Å². The third kappa shape index (κ3) is 3.00. The molecule has 0 aromatic carbocycles. The van der Waals surface area contributed by atoms with E-state index in [1.165, 1.54) is 0 Å². The van der Waals surface area contributed by atoms with E-state index in [2.05, 4.69) is 20.4 Å². The number of aliphatic hydroxyl groups is 1. The summed E-state index contributed by atoms with van der Waals surface area (Å²) in [6, 6.07) is 0.655. The molecule has 6 nitrogen and oxygen atoms in total. The van der Waals surface area contributed by atoms with Crippen molar-refractivity contribution in [3.63, 3.8) is 0 Å². The van der Waals surface area contributed by atoms with Gasteiger partial charge in [0.2, 0.25) is 5.89 Å². The topological polar surface area (TPSA) is 74.4 Å². The molecule has 0 bridgehead atoms. The number of anilines is 1. The zero-order chi connectivity index (χ0) is 13.0. The maximum Gasteiger partial charge on any atom is 0.318 e. The molecule has 1 fully saturated rings. The average molecular weight is 254 g/mol. The highest BCUT2D eigenvalue weighted by molar-refractivity contribution is 5.25. The van der Waals surface area contributed by atoms with Crippen molar-refractivity contribution >= 4 is 6.01 Å². The van der Waals surface area contributed by atoms with Gasteiger partial charge >= 0.3 is 6.01 Å². The zero-order valence-electron chi connectivity index (χ0n) is 11.1. The Hall–Kier alpha value is -1.14. The summed E-state index contributed by atoms with van der Waals surface area (Å²) in [5.74, 6) is 0.943. The first-order valence-electron chi connectivity index (χ1n) is 6.67. The molecule has 2 unspecified atom stereocenters. The molecular weight excluding hydrogens is 232 g/mol. The lowest BCUT2D eigenvalue weighted by molar-refractivity contribution is 0.206. The molecule has 1 saturated heterocycles. The highest BCUT2D eigenvalue weighted by atomic mass is 16.4. The van der Waals surface area contributed by atoms with Crippen LogP contribution in [0.3, 0.4) is 0 Å². The first kappa shape index (κ1) is 13.3. The Balaban J connectivity index is 2.00. The van der Waals surface area contributed by atoms with Crippen molar-refractivity contribution in [2.24, 2.45) is 5.92 Å². The number of aliphatic hydroxyl groups excluding tert-OH is 1. The van der Waals surface area contributed by atoms with Crippen molar-refractivity contribution in [1.29, 1.82) is 0 Å². The van der Waals surface area contributed by atoms with Crippen LogP contribution in [0, 0.1) is 5.92 Å². The monoisotopic (exact) mass is 254 g/mol. The van der Waals surface area contributed by atoms with Gasteiger partial charge in [-0.2, -0.15) is 0 Å². The van der Waals surface area contributed by atoms with Gasteiger partial charge in [0, 0.05) is 19.7 Å². The normalized spacial score (nSPS) is 22.2. The molecular formula is C12H22N4O2. The minimum absolute atomic E-state index is 0.0784. The Morgan fingerprint density at radius 3 is 3.11 bits per heavy atom. The van der Waals surface area contributed by atoms with E-state index in [1.54, 1.807) is 0 Å². The van der Waals surface area contributed by atoms with Crippen molar-refractivity contribution in [3.8, 4) is 0 Å². The van der Waals surface area contributed by atoms with Crippen LogP contribution in [0.1, 0.15) is 38.6 Å². The van der Waals surface area contributed by atoms with Crippen molar-refractivity contribution < 1.29 is 9.52 Å². The quantitative estimate of drug-likeness (QED) is 0.815. The van der Waals surface area contributed by atoms with E-state index in [0.717, 1.165) is 32.5 Å². The van der Waals surface area contributed by atoms with Gasteiger partial charge in [0.25, 0.3) is 0 Å². The van der Waals surface area contributed by atoms with Crippen molar-refractivity contribution in [3.05, 3.63) is 5.89 Å². The highest BCUT2D eigenvalue weighted by Gasteiger charge is 2.24. The molecule has 0 radical (unpaired) electrons. The molecule has 0 aliphatic carbocycles. The SMILES string of the molecule is CCNC(C)c1nnc(N2CCCC(CO)C2)o1. The van der Waals surface area contributed by atoms with Gasteiger partial charge in [-0.05, 0) is 32.2 Å². The minimum atomic E-state index is 0.0784. The predicted molar refractivity (Wildman–Crippen MR) is 68.4 cm³/mol. The van der Waals surface area contributed by atoms with Gasteiger partial charge in [-0.3, -0.25) is 0 Å².